The molecule has 1 aliphatic rings. The Hall–Kier alpha value is -1.09. The third-order valence-corrected chi connectivity index (χ3v) is 4.54. The van der Waals surface area contributed by atoms with Crippen molar-refractivity contribution >= 4 is 23.2 Å². The summed E-state index contributed by atoms with van der Waals surface area (Å²) in [6, 6.07) is 12.2. The van der Waals surface area contributed by atoms with E-state index in [2.05, 4.69) is 31.2 Å². The van der Waals surface area contributed by atoms with E-state index in [0.29, 0.717) is 5.92 Å². The Bertz CT molecular complexity index is 595. The van der Waals surface area contributed by atoms with Gasteiger partial charge in [-0.2, -0.15) is 0 Å². The summed E-state index contributed by atoms with van der Waals surface area (Å²) in [5.41, 5.74) is 8.64. The van der Waals surface area contributed by atoms with Gasteiger partial charge in [-0.15, -0.1) is 12.4 Å². The zero-order valence-corrected chi connectivity index (χ0v) is 12.6. The molecule has 108 valence electrons. The minimum Gasteiger partial charge on any atom is -0.391 e. The maximum Gasteiger partial charge on any atom is 0.0761 e. The van der Waals surface area contributed by atoms with Gasteiger partial charge >= 0.3 is 0 Å². The van der Waals surface area contributed by atoms with Crippen molar-refractivity contribution in [2.75, 3.05) is 0 Å². The number of aryl methyl sites for hydroxylation is 1. The van der Waals surface area contributed by atoms with E-state index < -0.39 is 6.10 Å². The summed E-state index contributed by atoms with van der Waals surface area (Å²) >= 11 is 0. The van der Waals surface area contributed by atoms with Crippen LogP contribution in [0.15, 0.2) is 36.4 Å². The van der Waals surface area contributed by atoms with E-state index in [9.17, 15) is 5.11 Å². The van der Waals surface area contributed by atoms with Crippen LogP contribution in [0, 0.1) is 12.8 Å². The second-order valence-corrected chi connectivity index (χ2v) is 5.72. The van der Waals surface area contributed by atoms with Crippen molar-refractivity contribution in [1.29, 1.82) is 0 Å². The molecule has 0 unspecified atom stereocenters. The van der Waals surface area contributed by atoms with E-state index in [1.807, 2.05) is 12.1 Å². The fourth-order valence-electron chi connectivity index (χ4n) is 3.02. The zero-order valence-electron chi connectivity index (χ0n) is 11.8. The van der Waals surface area contributed by atoms with Crippen LogP contribution in [0.2, 0.25) is 0 Å². The Morgan fingerprint density at radius 2 is 1.75 bits per heavy atom. The molecule has 2 atom stereocenters. The van der Waals surface area contributed by atoms with Gasteiger partial charge in [-0.05, 0) is 47.6 Å². The van der Waals surface area contributed by atoms with Gasteiger partial charge in [0.1, 0.15) is 0 Å². The number of fused-ring (bicyclic) bond motifs is 1. The maximum atomic E-state index is 10.4. The molecule has 20 heavy (non-hydrogen) atoms. The van der Waals surface area contributed by atoms with Crippen molar-refractivity contribution in [3.05, 3.63) is 47.5 Å². The number of hydrogen-bond acceptors (Lipinski definition) is 2. The van der Waals surface area contributed by atoms with Gasteiger partial charge in [0.2, 0.25) is 0 Å². The van der Waals surface area contributed by atoms with Crippen molar-refractivity contribution in [3.8, 4) is 0 Å². The number of benzene rings is 2. The first-order chi connectivity index (χ1) is 9.18. The highest BCUT2D eigenvalue weighted by Gasteiger charge is 2.31. The lowest BCUT2D eigenvalue weighted by Crippen LogP contribution is -2.36. The molecule has 0 saturated heterocycles. The number of hydrogen-bond donors (Lipinski definition) is 2. The molecule has 1 saturated carbocycles. The molecule has 1 aliphatic carbocycles. The normalized spacial score (nSPS) is 18.1. The van der Waals surface area contributed by atoms with Gasteiger partial charge in [0.05, 0.1) is 12.1 Å². The van der Waals surface area contributed by atoms with Gasteiger partial charge in [0, 0.05) is 0 Å². The Morgan fingerprint density at radius 3 is 2.35 bits per heavy atom. The first-order valence-electron chi connectivity index (χ1n) is 7.10. The predicted octanol–water partition coefficient (Wildman–Crippen LogP) is 3.73. The molecule has 0 radical (unpaired) electrons. The third-order valence-electron chi connectivity index (χ3n) is 4.54. The SMILES string of the molecule is Cc1ccc([C@H](N)[C@H](O)C2CCC2)c2ccccc12.Cl. The molecule has 0 aromatic heterocycles. The first-order valence-corrected chi connectivity index (χ1v) is 7.10. The Morgan fingerprint density at radius 1 is 1.10 bits per heavy atom. The van der Waals surface area contributed by atoms with E-state index >= 15 is 0 Å². The molecule has 0 aliphatic heterocycles. The molecule has 3 N–H and O–H groups in total. The van der Waals surface area contributed by atoms with Gasteiger partial charge in [-0.1, -0.05) is 42.8 Å². The van der Waals surface area contributed by atoms with Gasteiger partial charge in [-0.25, -0.2) is 0 Å². The predicted molar refractivity (Wildman–Crippen MR) is 86.2 cm³/mol. The lowest BCUT2D eigenvalue weighted by atomic mass is 9.77. The molecule has 0 heterocycles. The fraction of sp³-hybridized carbons (Fsp3) is 0.412. The van der Waals surface area contributed by atoms with Gasteiger partial charge in [-0.3, -0.25) is 0 Å². The fourth-order valence-corrected chi connectivity index (χ4v) is 3.02. The summed E-state index contributed by atoms with van der Waals surface area (Å²) in [5, 5.41) is 12.8. The zero-order chi connectivity index (χ0) is 13.4. The Labute approximate surface area is 126 Å². The largest absolute Gasteiger partial charge is 0.391 e. The summed E-state index contributed by atoms with van der Waals surface area (Å²) in [7, 11) is 0. The highest BCUT2D eigenvalue weighted by molar-refractivity contribution is 5.89. The lowest BCUT2D eigenvalue weighted by molar-refractivity contribution is 0.0417. The molecule has 0 bridgehead atoms. The molecule has 2 aromatic rings. The van der Waals surface area contributed by atoms with Crippen LogP contribution >= 0.6 is 12.4 Å². The highest BCUT2D eigenvalue weighted by Crippen LogP contribution is 2.36. The standard InChI is InChI=1S/C17H21NO.ClH/c1-11-9-10-15(14-8-3-2-7-13(11)14)16(18)17(19)12-5-4-6-12;/h2-3,7-10,12,16-17,19H,4-6,18H2,1H3;1H/t16-,17+;/m0./s1. The number of halogens is 1. The van der Waals surface area contributed by atoms with E-state index in [1.54, 1.807) is 0 Å². The molecule has 0 amide bonds. The van der Waals surface area contributed by atoms with Crippen LogP contribution in [0.3, 0.4) is 0 Å². The molecule has 0 spiro atoms. The van der Waals surface area contributed by atoms with Crippen LogP contribution in [0.5, 0.6) is 0 Å². The number of aliphatic hydroxyl groups is 1. The highest BCUT2D eigenvalue weighted by atomic mass is 35.5. The van der Waals surface area contributed by atoms with Crippen LogP contribution in [0.1, 0.15) is 36.4 Å². The molecule has 3 heteroatoms. The molecular weight excluding hydrogens is 270 g/mol. The average molecular weight is 292 g/mol. The number of rotatable bonds is 3. The van der Waals surface area contributed by atoms with Crippen molar-refractivity contribution in [3.63, 3.8) is 0 Å². The van der Waals surface area contributed by atoms with Crippen LogP contribution in [0.4, 0.5) is 0 Å². The number of aliphatic hydroxyl groups excluding tert-OH is 1. The molecule has 2 nitrogen and oxygen atoms in total. The summed E-state index contributed by atoms with van der Waals surface area (Å²) in [6.07, 6.45) is 3.03. The lowest BCUT2D eigenvalue weighted by Gasteiger charge is -2.34. The van der Waals surface area contributed by atoms with Crippen LogP contribution < -0.4 is 5.73 Å². The minimum atomic E-state index is -0.417. The molecule has 3 rings (SSSR count). The minimum absolute atomic E-state index is 0. The summed E-state index contributed by atoms with van der Waals surface area (Å²) in [6.45, 7) is 2.11. The maximum absolute atomic E-state index is 10.4. The van der Waals surface area contributed by atoms with E-state index in [0.717, 1.165) is 18.4 Å². The third kappa shape index (κ3) is 2.56. The van der Waals surface area contributed by atoms with Gasteiger partial charge < -0.3 is 10.8 Å². The van der Waals surface area contributed by atoms with E-state index in [1.165, 1.54) is 22.8 Å². The summed E-state index contributed by atoms with van der Waals surface area (Å²) in [4.78, 5) is 0. The van der Waals surface area contributed by atoms with Crippen LogP contribution in [0.25, 0.3) is 10.8 Å². The smallest absolute Gasteiger partial charge is 0.0761 e. The van der Waals surface area contributed by atoms with Crippen LogP contribution in [-0.4, -0.2) is 11.2 Å². The monoisotopic (exact) mass is 291 g/mol. The van der Waals surface area contributed by atoms with Crippen molar-refractivity contribution in [2.45, 2.75) is 38.3 Å². The molecule has 1 fully saturated rings. The van der Waals surface area contributed by atoms with E-state index in [4.69, 9.17) is 5.73 Å². The first kappa shape index (κ1) is 15.3. The van der Waals surface area contributed by atoms with Gasteiger partial charge in [0.25, 0.3) is 0 Å². The second-order valence-electron chi connectivity index (χ2n) is 5.72. The quantitative estimate of drug-likeness (QED) is 0.905. The Kier molecular flexibility index (Phi) is 4.69. The van der Waals surface area contributed by atoms with Crippen molar-refractivity contribution in [1.82, 2.24) is 0 Å². The molecule has 2 aromatic carbocycles. The topological polar surface area (TPSA) is 46.2 Å². The average Bonchev–Trinajstić information content (AvgIpc) is 2.37. The molecular formula is C17H22ClNO. The van der Waals surface area contributed by atoms with E-state index in [-0.39, 0.29) is 18.4 Å². The van der Waals surface area contributed by atoms with Crippen LogP contribution in [-0.2, 0) is 0 Å². The Balaban J connectivity index is 0.00000147. The second kappa shape index (κ2) is 6.13. The summed E-state index contributed by atoms with van der Waals surface area (Å²) < 4.78 is 0. The van der Waals surface area contributed by atoms with Crippen molar-refractivity contribution < 1.29 is 5.11 Å². The van der Waals surface area contributed by atoms with Crippen molar-refractivity contribution in [2.24, 2.45) is 11.7 Å². The summed E-state index contributed by atoms with van der Waals surface area (Å²) in [5.74, 6) is 0.384. The van der Waals surface area contributed by atoms with Gasteiger partial charge in [0.15, 0.2) is 0 Å². The number of nitrogens with two attached hydrogens (primary N) is 1.